The van der Waals surface area contributed by atoms with Crippen LogP contribution in [0.25, 0.3) is 0 Å². The van der Waals surface area contributed by atoms with Gasteiger partial charge in [-0.25, -0.2) is 0 Å². The van der Waals surface area contributed by atoms with E-state index in [-0.39, 0.29) is 5.91 Å². The predicted octanol–water partition coefficient (Wildman–Crippen LogP) is 2.28. The lowest BCUT2D eigenvalue weighted by molar-refractivity contribution is -0.117. The molecule has 0 unspecified atom stereocenters. The van der Waals surface area contributed by atoms with Gasteiger partial charge in [0.2, 0.25) is 5.91 Å². The summed E-state index contributed by atoms with van der Waals surface area (Å²) in [5.41, 5.74) is 1.82. The van der Waals surface area contributed by atoms with E-state index in [1.807, 2.05) is 0 Å². The highest BCUT2D eigenvalue weighted by molar-refractivity contribution is 7.16. The van der Waals surface area contributed by atoms with Crippen molar-refractivity contribution in [2.75, 3.05) is 38.5 Å². The fourth-order valence-electron chi connectivity index (χ4n) is 3.33. The number of nitrogens with one attached hydrogen (secondary N) is 1. The molecule has 3 rings (SSSR count). The minimum Gasteiger partial charge on any atom is -0.315 e. The van der Waals surface area contributed by atoms with Crippen molar-refractivity contribution in [3.05, 3.63) is 16.0 Å². The number of likely N-dealkylation sites (tertiary alicyclic amines) is 1. The number of amides is 1. The molecule has 0 saturated carbocycles. The molecule has 23 heavy (non-hydrogen) atoms. The van der Waals surface area contributed by atoms with E-state index in [4.69, 9.17) is 0 Å². The summed E-state index contributed by atoms with van der Waals surface area (Å²) < 4.78 is 0. The maximum atomic E-state index is 12.3. The molecule has 1 aromatic heterocycles. The highest BCUT2D eigenvalue weighted by atomic mass is 32.1. The van der Waals surface area contributed by atoms with Crippen LogP contribution in [-0.4, -0.2) is 48.9 Å². The van der Waals surface area contributed by atoms with Gasteiger partial charge in [-0.2, -0.15) is 5.26 Å². The predicted molar refractivity (Wildman–Crippen MR) is 92.5 cm³/mol. The van der Waals surface area contributed by atoms with Gasteiger partial charge in [-0.3, -0.25) is 9.69 Å². The van der Waals surface area contributed by atoms with Gasteiger partial charge < -0.3 is 10.2 Å². The molecule has 124 valence electrons. The van der Waals surface area contributed by atoms with Gasteiger partial charge in [0.25, 0.3) is 0 Å². The van der Waals surface area contributed by atoms with Gasteiger partial charge in [-0.15, -0.1) is 11.3 Å². The Hall–Kier alpha value is -1.42. The molecule has 1 N–H and O–H groups in total. The van der Waals surface area contributed by atoms with E-state index in [2.05, 4.69) is 35.2 Å². The van der Waals surface area contributed by atoms with Crippen molar-refractivity contribution in [1.29, 1.82) is 5.26 Å². The van der Waals surface area contributed by atoms with Crippen LogP contribution < -0.4 is 5.32 Å². The van der Waals surface area contributed by atoms with E-state index >= 15 is 0 Å². The van der Waals surface area contributed by atoms with Crippen molar-refractivity contribution in [3.63, 3.8) is 0 Å². The molecule has 0 atom stereocenters. The summed E-state index contributed by atoms with van der Waals surface area (Å²) in [5, 5.41) is 13.2. The Morgan fingerprint density at radius 1 is 1.39 bits per heavy atom. The van der Waals surface area contributed by atoms with Gasteiger partial charge in [-0.05, 0) is 50.9 Å². The van der Waals surface area contributed by atoms with Crippen molar-refractivity contribution in [2.24, 2.45) is 5.92 Å². The van der Waals surface area contributed by atoms with Crippen molar-refractivity contribution in [3.8, 4) is 6.07 Å². The highest BCUT2D eigenvalue weighted by Crippen LogP contribution is 2.36. The first-order valence-corrected chi connectivity index (χ1v) is 9.14. The Balaban J connectivity index is 1.66. The monoisotopic (exact) mass is 332 g/mol. The summed E-state index contributed by atoms with van der Waals surface area (Å²) in [5.74, 6) is 0.767. The molecule has 6 heteroatoms. The van der Waals surface area contributed by atoms with E-state index in [1.54, 1.807) is 11.3 Å². The van der Waals surface area contributed by atoms with Crippen molar-refractivity contribution in [2.45, 2.75) is 32.7 Å². The summed E-state index contributed by atoms with van der Waals surface area (Å²) in [6.07, 6.45) is 3.22. The molecule has 1 amide bonds. The first-order chi connectivity index (χ1) is 11.1. The van der Waals surface area contributed by atoms with Crippen LogP contribution >= 0.6 is 11.3 Å². The van der Waals surface area contributed by atoms with Crippen LogP contribution in [-0.2, 0) is 17.8 Å². The molecular weight excluding hydrogens is 308 g/mol. The summed E-state index contributed by atoms with van der Waals surface area (Å²) in [6, 6.07) is 2.30. The van der Waals surface area contributed by atoms with Crippen LogP contribution in [0, 0.1) is 17.2 Å². The number of nitrogens with zero attached hydrogens (tertiary/aromatic N) is 3. The Labute approximate surface area is 141 Å². The van der Waals surface area contributed by atoms with Crippen molar-refractivity contribution >= 4 is 22.2 Å². The molecule has 0 bridgehead atoms. The molecule has 2 aliphatic heterocycles. The quantitative estimate of drug-likeness (QED) is 0.922. The maximum Gasteiger partial charge on any atom is 0.239 e. The molecule has 1 aromatic rings. The fourth-order valence-corrected chi connectivity index (χ4v) is 4.62. The normalized spacial score (nSPS) is 20.0. The zero-order valence-electron chi connectivity index (χ0n) is 13.9. The standard InChI is InChI=1S/C17H24N4OS/c1-12-3-7-21(8-4-12)11-16(22)19-17-14(9-18)13-5-6-20(2)10-15(13)23-17/h12H,3-8,10-11H2,1-2H3,(H,19,22). The first kappa shape index (κ1) is 16.4. The number of nitriles is 1. The molecule has 0 radical (unpaired) electrons. The van der Waals surface area contributed by atoms with E-state index in [0.29, 0.717) is 12.1 Å². The molecule has 2 aliphatic rings. The topological polar surface area (TPSA) is 59.4 Å². The third-order valence-electron chi connectivity index (χ3n) is 4.86. The Bertz CT molecular complexity index is 625. The van der Waals surface area contributed by atoms with E-state index in [9.17, 15) is 10.1 Å². The number of anilines is 1. The van der Waals surface area contributed by atoms with E-state index in [0.717, 1.165) is 61.9 Å². The average molecular weight is 332 g/mol. The number of thiophene rings is 1. The summed E-state index contributed by atoms with van der Waals surface area (Å²) in [4.78, 5) is 18.0. The van der Waals surface area contributed by atoms with Crippen LogP contribution in [0.1, 0.15) is 35.8 Å². The number of carbonyl (C=O) groups is 1. The zero-order chi connectivity index (χ0) is 16.4. The summed E-state index contributed by atoms with van der Waals surface area (Å²) in [7, 11) is 2.09. The number of hydrogen-bond donors (Lipinski definition) is 1. The molecule has 5 nitrogen and oxygen atoms in total. The molecule has 1 fully saturated rings. The van der Waals surface area contributed by atoms with Gasteiger partial charge in [-0.1, -0.05) is 6.92 Å². The number of hydrogen-bond acceptors (Lipinski definition) is 5. The molecule has 1 saturated heterocycles. The van der Waals surface area contributed by atoms with Gasteiger partial charge in [0.05, 0.1) is 12.1 Å². The second-order valence-electron chi connectivity index (χ2n) is 6.81. The maximum absolute atomic E-state index is 12.3. The average Bonchev–Trinajstić information content (AvgIpc) is 2.85. The zero-order valence-corrected chi connectivity index (χ0v) is 14.7. The van der Waals surface area contributed by atoms with E-state index in [1.165, 1.54) is 4.88 Å². The van der Waals surface area contributed by atoms with Crippen LogP contribution in [0.15, 0.2) is 0 Å². The third-order valence-corrected chi connectivity index (χ3v) is 5.99. The van der Waals surface area contributed by atoms with Gasteiger partial charge in [0, 0.05) is 18.0 Å². The van der Waals surface area contributed by atoms with Gasteiger partial charge in [0.1, 0.15) is 11.1 Å². The summed E-state index contributed by atoms with van der Waals surface area (Å²) >= 11 is 1.57. The molecule has 0 aromatic carbocycles. The van der Waals surface area contributed by atoms with Crippen molar-refractivity contribution < 1.29 is 4.79 Å². The Morgan fingerprint density at radius 2 is 2.13 bits per heavy atom. The van der Waals surface area contributed by atoms with Crippen LogP contribution in [0.3, 0.4) is 0 Å². The SMILES string of the molecule is CC1CCN(CC(=O)Nc2sc3c(c2C#N)CCN(C)C3)CC1. The largest absolute Gasteiger partial charge is 0.315 e. The first-order valence-electron chi connectivity index (χ1n) is 8.32. The number of fused-ring (bicyclic) bond motifs is 1. The smallest absolute Gasteiger partial charge is 0.239 e. The highest BCUT2D eigenvalue weighted by Gasteiger charge is 2.24. The molecule has 3 heterocycles. The number of carbonyl (C=O) groups excluding carboxylic acids is 1. The van der Waals surface area contributed by atoms with Gasteiger partial charge in [0.15, 0.2) is 0 Å². The van der Waals surface area contributed by atoms with Crippen LogP contribution in [0.5, 0.6) is 0 Å². The Kier molecular flexibility index (Phi) is 5.00. The number of likely N-dealkylation sites (N-methyl/N-ethyl adjacent to an activating group) is 1. The second kappa shape index (κ2) is 7.00. The molecule has 0 aliphatic carbocycles. The number of rotatable bonds is 3. The lowest BCUT2D eigenvalue weighted by Gasteiger charge is -2.29. The minimum atomic E-state index is 0.00278. The molecular formula is C17H24N4OS. The minimum absolute atomic E-state index is 0.00278. The third kappa shape index (κ3) is 3.74. The second-order valence-corrected chi connectivity index (χ2v) is 7.92. The van der Waals surface area contributed by atoms with Crippen LogP contribution in [0.4, 0.5) is 5.00 Å². The van der Waals surface area contributed by atoms with Crippen molar-refractivity contribution in [1.82, 2.24) is 9.80 Å². The lowest BCUT2D eigenvalue weighted by atomic mass is 9.99. The fraction of sp³-hybridized carbons (Fsp3) is 0.647. The Morgan fingerprint density at radius 3 is 2.83 bits per heavy atom. The molecule has 0 spiro atoms. The number of piperidine rings is 1. The lowest BCUT2D eigenvalue weighted by Crippen LogP contribution is -2.38. The van der Waals surface area contributed by atoms with E-state index < -0.39 is 0 Å². The van der Waals surface area contributed by atoms with Crippen LogP contribution in [0.2, 0.25) is 0 Å². The summed E-state index contributed by atoms with van der Waals surface area (Å²) in [6.45, 7) is 6.52. The van der Waals surface area contributed by atoms with Gasteiger partial charge >= 0.3 is 0 Å².